The molecule has 2 aromatic rings. The van der Waals surface area contributed by atoms with Crippen LogP contribution in [0.15, 0.2) is 36.8 Å². The summed E-state index contributed by atoms with van der Waals surface area (Å²) in [6.45, 7) is 5.77. The Morgan fingerprint density at radius 2 is 1.94 bits per heavy atom. The summed E-state index contributed by atoms with van der Waals surface area (Å²) in [6, 6.07) is 6.19. The smallest absolute Gasteiger partial charge is 0.0541 e. The van der Waals surface area contributed by atoms with Crippen LogP contribution in [0.1, 0.15) is 22.4 Å². The molecule has 0 fully saturated rings. The second kappa shape index (κ2) is 5.55. The van der Waals surface area contributed by atoms with Gasteiger partial charge in [0.2, 0.25) is 0 Å². The summed E-state index contributed by atoms with van der Waals surface area (Å²) in [7, 11) is 0. The van der Waals surface area contributed by atoms with Crippen LogP contribution in [0.3, 0.4) is 0 Å². The van der Waals surface area contributed by atoms with E-state index in [0.29, 0.717) is 0 Å². The lowest BCUT2D eigenvalue weighted by molar-refractivity contribution is 0.676. The Morgan fingerprint density at radius 1 is 1.06 bits per heavy atom. The van der Waals surface area contributed by atoms with Gasteiger partial charge < -0.3 is 5.32 Å². The highest BCUT2D eigenvalue weighted by atomic mass is 14.9. The summed E-state index contributed by atoms with van der Waals surface area (Å²) in [4.78, 5) is 8.44. The molecule has 0 radical (unpaired) electrons. The van der Waals surface area contributed by atoms with E-state index in [1.54, 1.807) is 0 Å². The van der Waals surface area contributed by atoms with Crippen molar-refractivity contribution in [2.45, 2.75) is 26.9 Å². The first-order valence-electron chi connectivity index (χ1n) is 5.77. The molecule has 0 aliphatic rings. The van der Waals surface area contributed by atoms with Crippen LogP contribution >= 0.6 is 0 Å². The Bertz CT molecular complexity index is 477. The van der Waals surface area contributed by atoms with E-state index in [9.17, 15) is 0 Å². The summed E-state index contributed by atoms with van der Waals surface area (Å²) in [5.74, 6) is 0. The molecular weight excluding hydrogens is 210 g/mol. The van der Waals surface area contributed by atoms with Gasteiger partial charge in [0.1, 0.15) is 0 Å². The first-order valence-corrected chi connectivity index (χ1v) is 5.77. The molecule has 0 atom stereocenters. The van der Waals surface area contributed by atoms with Crippen molar-refractivity contribution in [1.82, 2.24) is 15.3 Å². The van der Waals surface area contributed by atoms with Crippen LogP contribution in [0.4, 0.5) is 0 Å². The Morgan fingerprint density at radius 3 is 2.65 bits per heavy atom. The molecule has 1 N–H and O–H groups in total. The third-order valence-electron chi connectivity index (χ3n) is 2.73. The molecular formula is C14H17N3. The number of aryl methyl sites for hydroxylation is 2. The first-order chi connectivity index (χ1) is 8.25. The molecule has 2 rings (SSSR count). The van der Waals surface area contributed by atoms with E-state index in [1.165, 1.54) is 16.7 Å². The summed E-state index contributed by atoms with van der Waals surface area (Å²) in [5.41, 5.74) is 4.77. The number of hydrogen-bond donors (Lipinski definition) is 1. The van der Waals surface area contributed by atoms with E-state index in [1.807, 2.05) is 31.6 Å². The van der Waals surface area contributed by atoms with Gasteiger partial charge in [-0.05, 0) is 42.7 Å². The molecule has 17 heavy (non-hydrogen) atoms. The van der Waals surface area contributed by atoms with Crippen molar-refractivity contribution in [1.29, 1.82) is 0 Å². The van der Waals surface area contributed by atoms with Crippen molar-refractivity contribution < 1.29 is 0 Å². The molecule has 0 saturated heterocycles. The summed E-state index contributed by atoms with van der Waals surface area (Å²) in [5, 5.41) is 3.39. The van der Waals surface area contributed by atoms with Crippen LogP contribution in [0.25, 0.3) is 0 Å². The highest BCUT2D eigenvalue weighted by molar-refractivity contribution is 5.21. The zero-order chi connectivity index (χ0) is 12.1. The largest absolute Gasteiger partial charge is 0.307 e. The average Bonchev–Trinajstić information content (AvgIpc) is 2.34. The maximum Gasteiger partial charge on any atom is 0.0541 e. The number of aromatic nitrogens is 2. The van der Waals surface area contributed by atoms with Crippen molar-refractivity contribution in [2.24, 2.45) is 0 Å². The lowest BCUT2D eigenvalue weighted by Gasteiger charge is -2.07. The molecule has 0 aliphatic heterocycles. The molecule has 2 aromatic heterocycles. The quantitative estimate of drug-likeness (QED) is 0.871. The molecule has 0 bridgehead atoms. The fourth-order valence-electron chi connectivity index (χ4n) is 1.63. The Balaban J connectivity index is 1.88. The molecule has 88 valence electrons. The van der Waals surface area contributed by atoms with Gasteiger partial charge in [-0.1, -0.05) is 6.07 Å². The maximum atomic E-state index is 4.36. The summed E-state index contributed by atoms with van der Waals surface area (Å²) >= 11 is 0. The zero-order valence-corrected chi connectivity index (χ0v) is 10.3. The molecule has 0 aliphatic carbocycles. The van der Waals surface area contributed by atoms with Gasteiger partial charge in [-0.2, -0.15) is 0 Å². The molecule has 0 unspecified atom stereocenters. The second-order valence-corrected chi connectivity index (χ2v) is 4.23. The highest BCUT2D eigenvalue weighted by Gasteiger charge is 1.98. The van der Waals surface area contributed by atoms with Crippen molar-refractivity contribution in [2.75, 3.05) is 0 Å². The second-order valence-electron chi connectivity index (χ2n) is 4.23. The lowest BCUT2D eigenvalue weighted by Crippen LogP contribution is -2.14. The Kier molecular flexibility index (Phi) is 3.83. The molecule has 3 nitrogen and oxygen atoms in total. The van der Waals surface area contributed by atoms with E-state index in [-0.39, 0.29) is 0 Å². The van der Waals surface area contributed by atoms with E-state index >= 15 is 0 Å². The van der Waals surface area contributed by atoms with Crippen LogP contribution in [-0.4, -0.2) is 9.97 Å². The molecule has 0 spiro atoms. The minimum atomic E-state index is 0.794. The van der Waals surface area contributed by atoms with Crippen LogP contribution in [0.2, 0.25) is 0 Å². The van der Waals surface area contributed by atoms with Crippen LogP contribution in [0, 0.1) is 13.8 Å². The lowest BCUT2D eigenvalue weighted by atomic mass is 10.1. The minimum absolute atomic E-state index is 0.794. The molecule has 2 heterocycles. The van der Waals surface area contributed by atoms with Gasteiger partial charge in [-0.15, -0.1) is 0 Å². The maximum absolute atomic E-state index is 4.36. The number of nitrogens with one attached hydrogen (secondary N) is 1. The van der Waals surface area contributed by atoms with Gasteiger partial charge in [0.05, 0.1) is 5.69 Å². The zero-order valence-electron chi connectivity index (χ0n) is 10.3. The SMILES string of the molecule is Cc1ccc(CNCc2ccncc2C)nc1. The van der Waals surface area contributed by atoms with E-state index in [4.69, 9.17) is 0 Å². The Hall–Kier alpha value is -1.74. The standard InChI is InChI=1S/C14H17N3/c1-11-3-4-14(17-7-11)10-16-9-13-5-6-15-8-12(13)2/h3-8,16H,9-10H2,1-2H3. The van der Waals surface area contributed by atoms with Gasteiger partial charge in [0, 0.05) is 31.7 Å². The van der Waals surface area contributed by atoms with E-state index in [2.05, 4.69) is 34.3 Å². The predicted octanol–water partition coefficient (Wildman–Crippen LogP) is 2.38. The number of rotatable bonds is 4. The Labute approximate surface area is 102 Å². The van der Waals surface area contributed by atoms with Gasteiger partial charge in [0.25, 0.3) is 0 Å². The topological polar surface area (TPSA) is 37.8 Å². The highest BCUT2D eigenvalue weighted by Crippen LogP contribution is 2.05. The number of pyridine rings is 2. The first kappa shape index (κ1) is 11.7. The van der Waals surface area contributed by atoms with Gasteiger partial charge >= 0.3 is 0 Å². The summed E-state index contributed by atoms with van der Waals surface area (Å²) < 4.78 is 0. The minimum Gasteiger partial charge on any atom is -0.307 e. The fraction of sp³-hybridized carbons (Fsp3) is 0.286. The van der Waals surface area contributed by atoms with Crippen molar-refractivity contribution in [3.63, 3.8) is 0 Å². The molecule has 0 amide bonds. The number of nitrogens with zero attached hydrogens (tertiary/aromatic N) is 2. The average molecular weight is 227 g/mol. The third kappa shape index (κ3) is 3.36. The molecule has 0 saturated carbocycles. The van der Waals surface area contributed by atoms with Crippen molar-refractivity contribution in [3.05, 3.63) is 59.2 Å². The molecule has 0 aromatic carbocycles. The van der Waals surface area contributed by atoms with E-state index in [0.717, 1.165) is 18.8 Å². The van der Waals surface area contributed by atoms with Crippen LogP contribution in [-0.2, 0) is 13.1 Å². The van der Waals surface area contributed by atoms with Crippen LogP contribution in [0.5, 0.6) is 0 Å². The van der Waals surface area contributed by atoms with Gasteiger partial charge in [-0.3, -0.25) is 9.97 Å². The number of hydrogen-bond acceptors (Lipinski definition) is 3. The van der Waals surface area contributed by atoms with Crippen LogP contribution < -0.4 is 5.32 Å². The fourth-order valence-corrected chi connectivity index (χ4v) is 1.63. The predicted molar refractivity (Wildman–Crippen MR) is 68.5 cm³/mol. The van der Waals surface area contributed by atoms with Gasteiger partial charge in [0.15, 0.2) is 0 Å². The normalized spacial score (nSPS) is 10.5. The monoisotopic (exact) mass is 227 g/mol. The summed E-state index contributed by atoms with van der Waals surface area (Å²) in [6.07, 6.45) is 5.62. The molecule has 3 heteroatoms. The van der Waals surface area contributed by atoms with Crippen molar-refractivity contribution >= 4 is 0 Å². The van der Waals surface area contributed by atoms with Crippen molar-refractivity contribution in [3.8, 4) is 0 Å². The van der Waals surface area contributed by atoms with E-state index < -0.39 is 0 Å². The third-order valence-corrected chi connectivity index (χ3v) is 2.73. The van der Waals surface area contributed by atoms with Gasteiger partial charge in [-0.25, -0.2) is 0 Å².